The summed E-state index contributed by atoms with van der Waals surface area (Å²) in [5.74, 6) is 0.746. The number of carbonyl (C=O) groups excluding carboxylic acids is 1. The highest BCUT2D eigenvalue weighted by Crippen LogP contribution is 2.35. The van der Waals surface area contributed by atoms with Crippen molar-refractivity contribution in [3.8, 4) is 23.8 Å². The van der Waals surface area contributed by atoms with Crippen LogP contribution in [0.15, 0.2) is 72.8 Å². The summed E-state index contributed by atoms with van der Waals surface area (Å²) in [6.07, 6.45) is 5.77. The van der Waals surface area contributed by atoms with E-state index < -0.39 is 23.2 Å². The lowest BCUT2D eigenvalue weighted by molar-refractivity contribution is -0.149. The van der Waals surface area contributed by atoms with Gasteiger partial charge in [0.15, 0.2) is 11.6 Å². The van der Waals surface area contributed by atoms with Crippen LogP contribution < -0.4 is 4.74 Å². The lowest BCUT2D eigenvalue weighted by Crippen LogP contribution is -2.31. The van der Waals surface area contributed by atoms with Crippen molar-refractivity contribution >= 4 is 5.97 Å². The van der Waals surface area contributed by atoms with Gasteiger partial charge in [0, 0.05) is 24.1 Å². The van der Waals surface area contributed by atoms with Gasteiger partial charge in [0.05, 0.1) is 0 Å². The predicted octanol–water partition coefficient (Wildman–Crippen LogP) is 5.20. The zero-order valence-electron chi connectivity index (χ0n) is 15.0. The molecule has 0 aliphatic carbocycles. The first-order chi connectivity index (χ1) is 13.4. The summed E-state index contributed by atoms with van der Waals surface area (Å²) >= 11 is 0. The van der Waals surface area contributed by atoms with Gasteiger partial charge in [-0.3, -0.25) is 4.79 Å². The lowest BCUT2D eigenvalue weighted by atomic mass is 9.86. The van der Waals surface area contributed by atoms with E-state index in [-0.39, 0.29) is 5.75 Å². The third kappa shape index (κ3) is 3.86. The van der Waals surface area contributed by atoms with Crippen LogP contribution >= 0.6 is 0 Å². The summed E-state index contributed by atoms with van der Waals surface area (Å²) < 4.78 is 37.8. The predicted molar refractivity (Wildman–Crippen MR) is 101 cm³/mol. The molecular formula is C23H16F2O3. The minimum atomic E-state index is -1.41. The minimum absolute atomic E-state index is 0.111. The van der Waals surface area contributed by atoms with Crippen LogP contribution in [-0.4, -0.2) is 5.97 Å². The minimum Gasteiger partial charge on any atom is -0.454 e. The Morgan fingerprint density at radius 3 is 2.18 bits per heavy atom. The van der Waals surface area contributed by atoms with Crippen molar-refractivity contribution in [2.75, 3.05) is 0 Å². The van der Waals surface area contributed by atoms with Crippen molar-refractivity contribution in [2.24, 2.45) is 0 Å². The first-order valence-electron chi connectivity index (χ1n) is 8.41. The molecule has 0 saturated heterocycles. The molecular weight excluding hydrogens is 362 g/mol. The van der Waals surface area contributed by atoms with Gasteiger partial charge in [-0.05, 0) is 42.3 Å². The molecule has 0 spiro atoms. The Morgan fingerprint density at radius 1 is 0.964 bits per heavy atom. The first-order valence-corrected chi connectivity index (χ1v) is 8.41. The monoisotopic (exact) mass is 378 g/mol. The van der Waals surface area contributed by atoms with E-state index in [4.69, 9.17) is 15.9 Å². The van der Waals surface area contributed by atoms with E-state index in [0.717, 1.165) is 12.1 Å². The van der Waals surface area contributed by atoms with Crippen LogP contribution in [0.2, 0.25) is 0 Å². The summed E-state index contributed by atoms with van der Waals surface area (Å²) in [7, 11) is 0. The number of ether oxygens (including phenoxy) is 2. The van der Waals surface area contributed by atoms with Crippen molar-refractivity contribution in [2.45, 2.75) is 12.5 Å². The molecule has 0 N–H and O–H groups in total. The van der Waals surface area contributed by atoms with E-state index in [0.29, 0.717) is 16.9 Å². The maximum Gasteiger partial charge on any atom is 0.304 e. The Hall–Kier alpha value is -3.65. The van der Waals surface area contributed by atoms with Crippen molar-refractivity contribution in [3.05, 3.63) is 95.6 Å². The maximum absolute atomic E-state index is 13.8. The van der Waals surface area contributed by atoms with Gasteiger partial charge in [0.1, 0.15) is 11.6 Å². The van der Waals surface area contributed by atoms with Gasteiger partial charge in [-0.1, -0.05) is 30.3 Å². The fourth-order valence-corrected chi connectivity index (χ4v) is 2.81. The highest BCUT2D eigenvalue weighted by molar-refractivity contribution is 5.68. The Labute approximate surface area is 161 Å². The average Bonchev–Trinajstić information content (AvgIpc) is 2.69. The SMILES string of the molecule is C#CC(OC(C)=O)(c1ccccc1)c1ccc(Oc2ccc(F)cc2F)cc1. The van der Waals surface area contributed by atoms with Crippen molar-refractivity contribution in [3.63, 3.8) is 0 Å². The summed E-state index contributed by atoms with van der Waals surface area (Å²) in [6, 6.07) is 18.4. The molecule has 0 aromatic heterocycles. The normalized spacial score (nSPS) is 12.5. The lowest BCUT2D eigenvalue weighted by Gasteiger charge is -2.29. The third-order valence-corrected chi connectivity index (χ3v) is 4.06. The van der Waals surface area contributed by atoms with E-state index in [1.54, 1.807) is 48.5 Å². The van der Waals surface area contributed by atoms with Gasteiger partial charge < -0.3 is 9.47 Å². The van der Waals surface area contributed by atoms with E-state index in [2.05, 4.69) is 5.92 Å². The molecule has 0 heterocycles. The van der Waals surface area contributed by atoms with Gasteiger partial charge in [-0.2, -0.15) is 0 Å². The molecule has 3 aromatic rings. The van der Waals surface area contributed by atoms with E-state index >= 15 is 0 Å². The second kappa shape index (κ2) is 7.93. The molecule has 0 aliphatic heterocycles. The highest BCUT2D eigenvalue weighted by Gasteiger charge is 2.35. The quantitative estimate of drug-likeness (QED) is 0.452. The van der Waals surface area contributed by atoms with Crippen molar-refractivity contribution in [1.82, 2.24) is 0 Å². The fourth-order valence-electron chi connectivity index (χ4n) is 2.81. The molecule has 0 amide bonds. The Kier molecular flexibility index (Phi) is 5.42. The number of carbonyl (C=O) groups is 1. The highest BCUT2D eigenvalue weighted by atomic mass is 19.1. The summed E-state index contributed by atoms with van der Waals surface area (Å²) in [5, 5.41) is 0. The molecule has 1 atom stereocenters. The van der Waals surface area contributed by atoms with Crippen molar-refractivity contribution < 1.29 is 23.0 Å². The number of esters is 1. The Balaban J connectivity index is 1.96. The van der Waals surface area contributed by atoms with Gasteiger partial charge in [0.2, 0.25) is 5.60 Å². The van der Waals surface area contributed by atoms with Gasteiger partial charge in [0.25, 0.3) is 0 Å². The van der Waals surface area contributed by atoms with E-state index in [9.17, 15) is 13.6 Å². The summed E-state index contributed by atoms with van der Waals surface area (Å²) in [5.41, 5.74) is -0.262. The standard InChI is InChI=1S/C23H16F2O3/c1-3-23(28-16(2)26,17-7-5-4-6-8-17)18-9-12-20(13-10-18)27-22-14-11-19(24)15-21(22)25/h1,4-15H,2H3. The molecule has 0 radical (unpaired) electrons. The van der Waals surface area contributed by atoms with Crippen LogP contribution in [0.3, 0.4) is 0 Å². The molecule has 3 aromatic carbocycles. The zero-order valence-corrected chi connectivity index (χ0v) is 15.0. The molecule has 0 fully saturated rings. The summed E-state index contributed by atoms with van der Waals surface area (Å²) in [4.78, 5) is 11.7. The van der Waals surface area contributed by atoms with E-state index in [1.165, 1.54) is 13.0 Å². The number of hydrogen-bond acceptors (Lipinski definition) is 3. The molecule has 140 valence electrons. The van der Waals surface area contributed by atoms with Gasteiger partial charge in [-0.15, -0.1) is 6.42 Å². The number of hydrogen-bond donors (Lipinski definition) is 0. The average molecular weight is 378 g/mol. The third-order valence-electron chi connectivity index (χ3n) is 4.06. The molecule has 0 aliphatic rings. The van der Waals surface area contributed by atoms with Crippen LogP contribution in [0, 0.1) is 24.0 Å². The number of terminal acetylenes is 1. The fraction of sp³-hybridized carbons (Fsp3) is 0.0870. The Morgan fingerprint density at radius 2 is 1.61 bits per heavy atom. The van der Waals surface area contributed by atoms with Gasteiger partial charge in [-0.25, -0.2) is 8.78 Å². The molecule has 0 bridgehead atoms. The molecule has 5 heteroatoms. The molecule has 3 rings (SSSR count). The van der Waals surface area contributed by atoms with Crippen LogP contribution in [0.1, 0.15) is 18.1 Å². The molecule has 28 heavy (non-hydrogen) atoms. The van der Waals surface area contributed by atoms with E-state index in [1.807, 2.05) is 6.07 Å². The molecule has 0 saturated carbocycles. The first kappa shape index (κ1) is 19.1. The topological polar surface area (TPSA) is 35.5 Å². The van der Waals surface area contributed by atoms with Crippen LogP contribution in [0.4, 0.5) is 8.78 Å². The number of benzene rings is 3. The molecule has 3 nitrogen and oxygen atoms in total. The second-order valence-corrected chi connectivity index (χ2v) is 5.99. The molecule has 1 unspecified atom stereocenters. The zero-order chi connectivity index (χ0) is 20.1. The van der Waals surface area contributed by atoms with Crippen LogP contribution in [-0.2, 0) is 15.1 Å². The second-order valence-electron chi connectivity index (χ2n) is 5.99. The smallest absolute Gasteiger partial charge is 0.304 e. The van der Waals surface area contributed by atoms with Gasteiger partial charge >= 0.3 is 5.97 Å². The largest absolute Gasteiger partial charge is 0.454 e. The maximum atomic E-state index is 13.8. The van der Waals surface area contributed by atoms with Crippen molar-refractivity contribution in [1.29, 1.82) is 0 Å². The summed E-state index contributed by atoms with van der Waals surface area (Å²) in [6.45, 7) is 1.28. The Bertz CT molecular complexity index is 1020. The van der Waals surface area contributed by atoms with Crippen LogP contribution in [0.25, 0.3) is 0 Å². The number of rotatable bonds is 5. The number of halogens is 2. The van der Waals surface area contributed by atoms with Crippen LogP contribution in [0.5, 0.6) is 11.5 Å².